The van der Waals surface area contributed by atoms with Crippen LogP contribution in [0.3, 0.4) is 0 Å². The predicted molar refractivity (Wildman–Crippen MR) is 178 cm³/mol. The van der Waals surface area contributed by atoms with Gasteiger partial charge in [0.15, 0.2) is 17.3 Å². The van der Waals surface area contributed by atoms with E-state index in [2.05, 4.69) is 59.2 Å². The molecule has 8 heteroatoms. The van der Waals surface area contributed by atoms with Crippen LogP contribution in [0.4, 0.5) is 17.2 Å². The predicted octanol–water partition coefficient (Wildman–Crippen LogP) is 7.96. The van der Waals surface area contributed by atoms with Crippen molar-refractivity contribution in [2.24, 2.45) is 0 Å². The summed E-state index contributed by atoms with van der Waals surface area (Å²) >= 11 is 0. The zero-order chi connectivity index (χ0) is 30.9. The molecule has 0 atom stereocenters. The van der Waals surface area contributed by atoms with E-state index in [0.29, 0.717) is 40.1 Å². The Kier molecular flexibility index (Phi) is 7.39. The van der Waals surface area contributed by atoms with E-state index in [1.165, 1.54) is 38.9 Å². The molecule has 0 radical (unpaired) electrons. The normalized spacial score (nSPS) is 12.2. The fraction of sp³-hybridized carbons (Fsp3) is 0.162. The standard InChI is InChI=1S/C37H32N4O4/c1-43-32-19-27(20-33(44-2)34(32)45-3)37(42)39-29-15-16-31-30(21-29)36(38-28-14-13-23-9-6-10-25(23)18-28)41-35(40-31)26-12-11-22-7-4-5-8-24(22)17-26/h4-5,7-8,11-21H,6,9-10H2,1-3H3,(H,39,42)(H,38,40,41). The summed E-state index contributed by atoms with van der Waals surface area (Å²) in [6.45, 7) is 0. The monoisotopic (exact) mass is 596 g/mol. The molecule has 1 amide bonds. The highest BCUT2D eigenvalue weighted by atomic mass is 16.5. The lowest BCUT2D eigenvalue weighted by Crippen LogP contribution is -2.13. The largest absolute Gasteiger partial charge is 0.493 e. The second kappa shape index (κ2) is 11.8. The lowest BCUT2D eigenvalue weighted by Gasteiger charge is -2.15. The van der Waals surface area contributed by atoms with Crippen LogP contribution in [-0.4, -0.2) is 37.2 Å². The number of hydrogen-bond acceptors (Lipinski definition) is 7. The molecule has 1 aliphatic carbocycles. The van der Waals surface area contributed by atoms with Crippen molar-refractivity contribution in [2.45, 2.75) is 19.3 Å². The zero-order valence-corrected chi connectivity index (χ0v) is 25.3. The van der Waals surface area contributed by atoms with Crippen molar-refractivity contribution in [3.63, 3.8) is 0 Å². The molecule has 7 rings (SSSR count). The van der Waals surface area contributed by atoms with E-state index in [-0.39, 0.29) is 5.91 Å². The molecule has 0 spiro atoms. The lowest BCUT2D eigenvalue weighted by molar-refractivity contribution is 0.102. The molecule has 1 aromatic heterocycles. The van der Waals surface area contributed by atoms with Gasteiger partial charge in [-0.15, -0.1) is 0 Å². The number of nitrogens with zero attached hydrogens (tertiary/aromatic N) is 2. The topological polar surface area (TPSA) is 94.6 Å². The number of hydrogen-bond donors (Lipinski definition) is 2. The minimum Gasteiger partial charge on any atom is -0.493 e. The van der Waals surface area contributed by atoms with E-state index in [1.807, 2.05) is 30.3 Å². The Labute approximate surface area is 261 Å². The van der Waals surface area contributed by atoms with Crippen molar-refractivity contribution in [3.05, 3.63) is 108 Å². The Morgan fingerprint density at radius 2 is 1.47 bits per heavy atom. The van der Waals surface area contributed by atoms with Gasteiger partial charge in [-0.05, 0) is 89.7 Å². The minimum absolute atomic E-state index is 0.324. The van der Waals surface area contributed by atoms with Gasteiger partial charge in [0.1, 0.15) is 5.82 Å². The van der Waals surface area contributed by atoms with E-state index in [0.717, 1.165) is 45.8 Å². The number of ether oxygens (including phenoxy) is 3. The number of carbonyl (C=O) groups is 1. The zero-order valence-electron chi connectivity index (χ0n) is 25.3. The number of nitrogens with one attached hydrogen (secondary N) is 2. The smallest absolute Gasteiger partial charge is 0.255 e. The number of amides is 1. The lowest BCUT2D eigenvalue weighted by atomic mass is 10.1. The Morgan fingerprint density at radius 1 is 0.711 bits per heavy atom. The summed E-state index contributed by atoms with van der Waals surface area (Å²) in [5, 5.41) is 9.64. The molecular formula is C37H32N4O4. The summed E-state index contributed by atoms with van der Waals surface area (Å²) in [7, 11) is 4.56. The van der Waals surface area contributed by atoms with Crippen LogP contribution in [-0.2, 0) is 12.8 Å². The molecule has 0 unspecified atom stereocenters. The van der Waals surface area contributed by atoms with Crippen molar-refractivity contribution in [2.75, 3.05) is 32.0 Å². The van der Waals surface area contributed by atoms with Gasteiger partial charge in [-0.1, -0.05) is 42.5 Å². The number of methoxy groups -OCH3 is 3. The number of fused-ring (bicyclic) bond motifs is 3. The first-order valence-corrected chi connectivity index (χ1v) is 14.8. The summed E-state index contributed by atoms with van der Waals surface area (Å²) in [6.07, 6.45) is 3.37. The van der Waals surface area contributed by atoms with Gasteiger partial charge < -0.3 is 24.8 Å². The molecule has 2 N–H and O–H groups in total. The van der Waals surface area contributed by atoms with Gasteiger partial charge in [-0.2, -0.15) is 0 Å². The molecule has 0 saturated carbocycles. The third-order valence-corrected chi connectivity index (χ3v) is 8.25. The maximum absolute atomic E-state index is 13.4. The second-order valence-corrected chi connectivity index (χ2v) is 11.0. The molecule has 8 nitrogen and oxygen atoms in total. The number of rotatable bonds is 8. The number of benzene rings is 5. The third kappa shape index (κ3) is 5.47. The quantitative estimate of drug-likeness (QED) is 0.184. The first-order valence-electron chi connectivity index (χ1n) is 14.8. The Bertz CT molecular complexity index is 2070. The van der Waals surface area contributed by atoms with Gasteiger partial charge in [0.05, 0.1) is 26.8 Å². The Balaban J connectivity index is 1.28. The van der Waals surface area contributed by atoms with Crippen LogP contribution in [0.2, 0.25) is 0 Å². The molecule has 1 aliphatic rings. The van der Waals surface area contributed by atoms with Gasteiger partial charge in [-0.3, -0.25) is 4.79 Å². The Hall–Kier alpha value is -5.63. The number of aromatic nitrogens is 2. The maximum Gasteiger partial charge on any atom is 0.255 e. The van der Waals surface area contributed by atoms with Crippen LogP contribution in [0.5, 0.6) is 17.2 Å². The first kappa shape index (κ1) is 28.2. The second-order valence-electron chi connectivity index (χ2n) is 11.0. The van der Waals surface area contributed by atoms with Crippen LogP contribution in [0, 0.1) is 0 Å². The van der Waals surface area contributed by atoms with Crippen LogP contribution in [0.15, 0.2) is 91.0 Å². The van der Waals surface area contributed by atoms with E-state index in [4.69, 9.17) is 24.2 Å². The van der Waals surface area contributed by atoms with Gasteiger partial charge >= 0.3 is 0 Å². The molecule has 1 heterocycles. The summed E-state index contributed by atoms with van der Waals surface area (Å²) in [6, 6.07) is 29.9. The summed E-state index contributed by atoms with van der Waals surface area (Å²) in [5.41, 5.74) is 6.37. The van der Waals surface area contributed by atoms with Gasteiger partial charge in [0, 0.05) is 27.9 Å². The highest BCUT2D eigenvalue weighted by Gasteiger charge is 2.19. The van der Waals surface area contributed by atoms with Crippen LogP contribution < -0.4 is 24.8 Å². The van der Waals surface area contributed by atoms with Crippen molar-refractivity contribution >= 4 is 44.8 Å². The highest BCUT2D eigenvalue weighted by Crippen LogP contribution is 2.39. The van der Waals surface area contributed by atoms with Crippen LogP contribution >= 0.6 is 0 Å². The molecule has 224 valence electrons. The van der Waals surface area contributed by atoms with Gasteiger partial charge in [-0.25, -0.2) is 9.97 Å². The maximum atomic E-state index is 13.4. The molecule has 45 heavy (non-hydrogen) atoms. The molecule has 0 aliphatic heterocycles. The minimum atomic E-state index is -0.324. The molecule has 0 bridgehead atoms. The van der Waals surface area contributed by atoms with E-state index in [1.54, 1.807) is 12.1 Å². The van der Waals surface area contributed by atoms with E-state index in [9.17, 15) is 4.79 Å². The molecule has 0 saturated heterocycles. The summed E-state index contributed by atoms with van der Waals surface area (Å²) in [5.74, 6) is 2.17. The molecule has 6 aromatic rings. The van der Waals surface area contributed by atoms with Crippen molar-refractivity contribution < 1.29 is 19.0 Å². The fourth-order valence-corrected chi connectivity index (χ4v) is 5.96. The van der Waals surface area contributed by atoms with Gasteiger partial charge in [0.25, 0.3) is 5.91 Å². The van der Waals surface area contributed by atoms with E-state index < -0.39 is 0 Å². The average Bonchev–Trinajstić information content (AvgIpc) is 3.55. The third-order valence-electron chi connectivity index (χ3n) is 8.25. The molecule has 0 fully saturated rings. The highest BCUT2D eigenvalue weighted by molar-refractivity contribution is 6.06. The van der Waals surface area contributed by atoms with Crippen LogP contribution in [0.1, 0.15) is 27.9 Å². The fourth-order valence-electron chi connectivity index (χ4n) is 5.96. The first-order chi connectivity index (χ1) is 22.0. The van der Waals surface area contributed by atoms with Gasteiger partial charge in [0.2, 0.25) is 5.75 Å². The number of aryl methyl sites for hydroxylation is 2. The van der Waals surface area contributed by atoms with E-state index >= 15 is 0 Å². The summed E-state index contributed by atoms with van der Waals surface area (Å²) in [4.78, 5) is 23.4. The summed E-state index contributed by atoms with van der Waals surface area (Å²) < 4.78 is 16.3. The van der Waals surface area contributed by atoms with Crippen molar-refractivity contribution in [1.29, 1.82) is 0 Å². The average molecular weight is 597 g/mol. The van der Waals surface area contributed by atoms with Crippen molar-refractivity contribution in [3.8, 4) is 28.6 Å². The van der Waals surface area contributed by atoms with Crippen LogP contribution in [0.25, 0.3) is 33.1 Å². The Morgan fingerprint density at radius 3 is 2.24 bits per heavy atom. The number of carbonyl (C=O) groups excluding carboxylic acids is 1. The SMILES string of the molecule is COc1cc(C(=O)Nc2ccc3nc(-c4ccc5ccccc5c4)nc(Nc4ccc5c(c4)CCC5)c3c2)cc(OC)c1OC. The molecular weight excluding hydrogens is 564 g/mol. The van der Waals surface area contributed by atoms with Crippen molar-refractivity contribution in [1.82, 2.24) is 9.97 Å². The number of anilines is 3. The molecule has 5 aromatic carbocycles.